The van der Waals surface area contributed by atoms with Crippen molar-refractivity contribution in [1.82, 2.24) is 4.57 Å². The quantitative estimate of drug-likeness (QED) is 0.143. The van der Waals surface area contributed by atoms with Gasteiger partial charge in [-0.05, 0) is 114 Å². The third-order valence-corrected chi connectivity index (χ3v) is 16.2. The van der Waals surface area contributed by atoms with Gasteiger partial charge in [0.15, 0.2) is 0 Å². The highest BCUT2D eigenvalue weighted by Crippen LogP contribution is 2.50. The molecule has 0 N–H and O–H groups in total. The number of benzene rings is 11. The van der Waals surface area contributed by atoms with E-state index in [2.05, 4.69) is 275 Å². The summed E-state index contributed by atoms with van der Waals surface area (Å²) in [7, 11) is 0. The van der Waals surface area contributed by atoms with Crippen LogP contribution in [0.4, 0.5) is 34.1 Å². The Morgan fingerprint density at radius 2 is 0.845 bits per heavy atom. The van der Waals surface area contributed by atoms with Crippen LogP contribution in [0.5, 0.6) is 0 Å². The second-order valence-corrected chi connectivity index (χ2v) is 20.2. The molecular formula is C66H43N3S2. The summed E-state index contributed by atoms with van der Waals surface area (Å²) >= 11 is 3.72. The highest BCUT2D eigenvalue weighted by Gasteiger charge is 2.24. The molecule has 334 valence electrons. The van der Waals surface area contributed by atoms with E-state index in [1.54, 1.807) is 0 Å². The van der Waals surface area contributed by atoms with Crippen LogP contribution in [0.15, 0.2) is 261 Å². The van der Waals surface area contributed by atoms with Crippen molar-refractivity contribution in [3.05, 3.63) is 261 Å². The molecule has 3 nitrogen and oxygen atoms in total. The molecule has 5 heteroatoms. The summed E-state index contributed by atoms with van der Waals surface area (Å²) in [6.07, 6.45) is 0. The van der Waals surface area contributed by atoms with Crippen molar-refractivity contribution in [1.29, 1.82) is 0 Å². The van der Waals surface area contributed by atoms with Crippen LogP contribution >= 0.6 is 22.7 Å². The first kappa shape index (κ1) is 41.3. The Morgan fingerprint density at radius 1 is 0.282 bits per heavy atom. The Balaban J connectivity index is 1.02. The Labute approximate surface area is 419 Å². The fourth-order valence-corrected chi connectivity index (χ4v) is 13.0. The first-order valence-electron chi connectivity index (χ1n) is 24.1. The van der Waals surface area contributed by atoms with Crippen molar-refractivity contribution < 1.29 is 0 Å². The lowest BCUT2D eigenvalue weighted by Crippen LogP contribution is -2.13. The number of fused-ring (bicyclic) bond motifs is 9. The van der Waals surface area contributed by atoms with Gasteiger partial charge in [0.2, 0.25) is 0 Å². The zero-order valence-corrected chi connectivity index (χ0v) is 40.1. The number of rotatable bonds is 9. The summed E-state index contributed by atoms with van der Waals surface area (Å²) < 4.78 is 7.52. The molecule has 0 unspecified atom stereocenters. The van der Waals surface area contributed by atoms with Gasteiger partial charge in [-0.15, -0.1) is 22.7 Å². The lowest BCUT2D eigenvalue weighted by molar-refractivity contribution is 1.18. The van der Waals surface area contributed by atoms with Crippen LogP contribution < -0.4 is 9.80 Å². The Kier molecular flexibility index (Phi) is 9.90. The second-order valence-electron chi connectivity index (χ2n) is 18.1. The third kappa shape index (κ3) is 7.00. The van der Waals surface area contributed by atoms with Gasteiger partial charge in [0.1, 0.15) is 0 Å². The maximum Gasteiger partial charge on any atom is 0.0575 e. The Morgan fingerprint density at radius 3 is 1.63 bits per heavy atom. The Hall–Kier alpha value is -8.74. The molecular weight excluding hydrogens is 899 g/mol. The molecule has 0 amide bonds. The van der Waals surface area contributed by atoms with E-state index in [1.165, 1.54) is 73.3 Å². The summed E-state index contributed by atoms with van der Waals surface area (Å²) in [6, 6.07) is 95.6. The highest BCUT2D eigenvalue weighted by atomic mass is 32.1. The molecule has 0 aliphatic rings. The lowest BCUT2D eigenvalue weighted by atomic mass is 10.0. The summed E-state index contributed by atoms with van der Waals surface area (Å²) in [6.45, 7) is 0. The molecule has 0 aliphatic heterocycles. The van der Waals surface area contributed by atoms with Gasteiger partial charge in [-0.1, -0.05) is 164 Å². The topological polar surface area (TPSA) is 11.4 Å². The SMILES string of the molecule is c1ccc(-c2ccccc2-n2c3ccccc3c3ccc(-c4cccc(N(c5ccc6sc7ccccc7c6c5)c5cc(N(c6ccccc6)c6ccccc6)cc6sc7ccccc7c56)c4)cc32)cc1. The first-order chi connectivity index (χ1) is 35.2. The number of nitrogens with zero attached hydrogens (tertiary/aromatic N) is 3. The average Bonchev–Trinajstić information content (AvgIpc) is 4.11. The molecule has 14 rings (SSSR count). The van der Waals surface area contributed by atoms with Gasteiger partial charge in [0.25, 0.3) is 0 Å². The minimum absolute atomic E-state index is 1.08. The van der Waals surface area contributed by atoms with Gasteiger partial charge in [-0.25, -0.2) is 0 Å². The zero-order valence-electron chi connectivity index (χ0n) is 38.5. The van der Waals surface area contributed by atoms with Crippen molar-refractivity contribution in [2.75, 3.05) is 9.80 Å². The van der Waals surface area contributed by atoms with E-state index in [0.717, 1.165) is 50.9 Å². The van der Waals surface area contributed by atoms with Crippen LogP contribution in [0.1, 0.15) is 0 Å². The maximum atomic E-state index is 2.51. The van der Waals surface area contributed by atoms with Crippen LogP contribution in [0.25, 0.3) is 90.1 Å². The van der Waals surface area contributed by atoms with E-state index >= 15 is 0 Å². The van der Waals surface area contributed by atoms with Crippen molar-refractivity contribution >= 4 is 119 Å². The Bertz CT molecular complexity index is 4260. The summed E-state index contributed by atoms with van der Waals surface area (Å²) in [4.78, 5) is 4.90. The molecule has 0 radical (unpaired) electrons. The largest absolute Gasteiger partial charge is 0.310 e. The molecule has 71 heavy (non-hydrogen) atoms. The van der Waals surface area contributed by atoms with Crippen molar-refractivity contribution in [2.24, 2.45) is 0 Å². The van der Waals surface area contributed by atoms with E-state index in [-0.39, 0.29) is 0 Å². The van der Waals surface area contributed by atoms with E-state index in [4.69, 9.17) is 0 Å². The number of para-hydroxylation sites is 4. The van der Waals surface area contributed by atoms with Gasteiger partial charge in [0.05, 0.1) is 22.4 Å². The van der Waals surface area contributed by atoms with E-state index < -0.39 is 0 Å². The number of anilines is 6. The number of hydrogen-bond donors (Lipinski definition) is 0. The summed E-state index contributed by atoms with van der Waals surface area (Å²) in [5.74, 6) is 0. The molecule has 14 aromatic rings. The van der Waals surface area contributed by atoms with Crippen LogP contribution in [0, 0.1) is 0 Å². The smallest absolute Gasteiger partial charge is 0.0575 e. The van der Waals surface area contributed by atoms with Gasteiger partial charge >= 0.3 is 0 Å². The van der Waals surface area contributed by atoms with Crippen molar-refractivity contribution in [2.45, 2.75) is 0 Å². The molecule has 0 aliphatic carbocycles. The predicted octanol–water partition coefficient (Wildman–Crippen LogP) is 19.8. The number of thiophene rings is 2. The molecule has 11 aromatic carbocycles. The van der Waals surface area contributed by atoms with Crippen LogP contribution in [0.2, 0.25) is 0 Å². The van der Waals surface area contributed by atoms with Gasteiger partial charge in [0, 0.05) is 85.1 Å². The highest BCUT2D eigenvalue weighted by molar-refractivity contribution is 7.26. The maximum absolute atomic E-state index is 2.51. The normalized spacial score (nSPS) is 11.7. The van der Waals surface area contributed by atoms with Gasteiger partial charge in [-0.3, -0.25) is 0 Å². The van der Waals surface area contributed by atoms with Gasteiger partial charge < -0.3 is 14.4 Å². The molecule has 0 spiro atoms. The molecule has 3 heterocycles. The standard InChI is InChI=1S/C66H43N3S2/c1-4-19-44(20-5-1)52-27-10-14-31-58(52)69-59-32-15-11-28-53(59)54-37-35-46(40-60(54)69)45-21-18-26-49(39-45)68(50-36-38-64-57(41-50)55-29-12-16-33-62(55)70-64)61-42-51(43-65-66(61)56-30-13-17-34-63(56)71-65)67(47-22-6-2-7-23-47)48-24-8-3-9-25-48/h1-43H. The van der Waals surface area contributed by atoms with Gasteiger partial charge in [-0.2, -0.15) is 0 Å². The molecule has 0 atom stereocenters. The van der Waals surface area contributed by atoms with E-state index in [1.807, 2.05) is 22.7 Å². The fourth-order valence-electron chi connectivity index (χ4n) is 10.8. The van der Waals surface area contributed by atoms with Crippen LogP contribution in [0.3, 0.4) is 0 Å². The lowest BCUT2D eigenvalue weighted by Gasteiger charge is -2.30. The number of aromatic nitrogens is 1. The third-order valence-electron chi connectivity index (χ3n) is 13.9. The zero-order chi connectivity index (χ0) is 46.8. The fraction of sp³-hybridized carbons (Fsp3) is 0. The summed E-state index contributed by atoms with van der Waals surface area (Å²) in [5, 5.41) is 7.48. The molecule has 0 saturated carbocycles. The van der Waals surface area contributed by atoms with Crippen LogP contribution in [-0.2, 0) is 0 Å². The second kappa shape index (κ2) is 17.0. The molecule has 0 fully saturated rings. The van der Waals surface area contributed by atoms with E-state index in [0.29, 0.717) is 0 Å². The minimum atomic E-state index is 1.08. The summed E-state index contributed by atoms with van der Waals surface area (Å²) in [5.41, 5.74) is 14.8. The minimum Gasteiger partial charge on any atom is -0.310 e. The van der Waals surface area contributed by atoms with Crippen molar-refractivity contribution in [3.63, 3.8) is 0 Å². The van der Waals surface area contributed by atoms with E-state index in [9.17, 15) is 0 Å². The van der Waals surface area contributed by atoms with Crippen LogP contribution in [-0.4, -0.2) is 4.57 Å². The molecule has 0 saturated heterocycles. The predicted molar refractivity (Wildman–Crippen MR) is 307 cm³/mol. The first-order valence-corrected chi connectivity index (χ1v) is 25.7. The monoisotopic (exact) mass is 941 g/mol. The average molecular weight is 942 g/mol. The molecule has 0 bridgehead atoms. The number of hydrogen-bond acceptors (Lipinski definition) is 4. The van der Waals surface area contributed by atoms with Crippen molar-refractivity contribution in [3.8, 4) is 27.9 Å². The molecule has 3 aromatic heterocycles.